The molecule has 2 heterocycles. The molecule has 2 aliphatic rings. The van der Waals surface area contributed by atoms with Crippen LogP contribution in [0.15, 0.2) is 12.1 Å². The van der Waals surface area contributed by atoms with E-state index < -0.39 is 23.7 Å². The first-order chi connectivity index (χ1) is 15.4. The van der Waals surface area contributed by atoms with E-state index in [-0.39, 0.29) is 72.2 Å². The van der Waals surface area contributed by atoms with E-state index in [0.29, 0.717) is 25.7 Å². The molecular weight excluding hydrogens is 469 g/mol. The Hall–Kier alpha value is -1.94. The summed E-state index contributed by atoms with van der Waals surface area (Å²) in [6, 6.07) is 2.41. The second-order valence-corrected chi connectivity index (χ2v) is 9.53. The molecule has 0 radical (unpaired) electrons. The van der Waals surface area contributed by atoms with Crippen LogP contribution in [0.1, 0.15) is 73.1 Å². The fourth-order valence-corrected chi connectivity index (χ4v) is 5.10. The number of amides is 1. The summed E-state index contributed by atoms with van der Waals surface area (Å²) >= 11 is 6.32. The number of carbonyl (C=O) groups is 1. The van der Waals surface area contributed by atoms with E-state index in [0.717, 1.165) is 4.40 Å². The zero-order valence-electron chi connectivity index (χ0n) is 17.8. The number of imidazole rings is 1. The van der Waals surface area contributed by atoms with Crippen LogP contribution in [0.25, 0.3) is 5.65 Å². The van der Waals surface area contributed by atoms with E-state index in [9.17, 15) is 31.9 Å². The van der Waals surface area contributed by atoms with E-state index in [1.54, 1.807) is 0 Å². The molecule has 0 aromatic carbocycles. The first kappa shape index (κ1) is 24.2. The number of aliphatic hydroxyl groups excluding tert-OH is 1. The van der Waals surface area contributed by atoms with E-state index in [4.69, 9.17) is 11.6 Å². The molecule has 2 aliphatic carbocycles. The minimum absolute atomic E-state index is 0.0816. The number of alkyl halides is 5. The van der Waals surface area contributed by atoms with Crippen LogP contribution in [0.5, 0.6) is 0 Å². The first-order valence-electron chi connectivity index (χ1n) is 11.1. The number of fused-ring (bicyclic) bond motifs is 1. The summed E-state index contributed by atoms with van der Waals surface area (Å²) < 4.78 is 69.4. The van der Waals surface area contributed by atoms with Gasteiger partial charge in [-0.15, -0.1) is 0 Å². The standard InChI is InChI=1S/C22H25ClF5N3O2/c23-17-10-13(20(33)29-14-1-3-15(32)4-2-14)11-18-30-19(22(26,27)28)16(31(17)18)9-12-5-7-21(24,25)8-6-12/h10-12,14-15,32H,1-9H2,(H,29,33)/t14-,15-. The lowest BCUT2D eigenvalue weighted by Gasteiger charge is -2.28. The molecule has 1 amide bonds. The van der Waals surface area contributed by atoms with Gasteiger partial charge >= 0.3 is 6.18 Å². The average molecular weight is 494 g/mol. The maximum Gasteiger partial charge on any atom is 0.435 e. The third-order valence-electron chi connectivity index (χ3n) is 6.65. The van der Waals surface area contributed by atoms with Crippen LogP contribution < -0.4 is 5.32 Å². The summed E-state index contributed by atoms with van der Waals surface area (Å²) in [6.45, 7) is 0. The Morgan fingerprint density at radius 2 is 1.79 bits per heavy atom. The topological polar surface area (TPSA) is 66.6 Å². The maximum absolute atomic E-state index is 13.8. The molecule has 0 bridgehead atoms. The number of aliphatic hydroxyl groups is 1. The van der Waals surface area contributed by atoms with Gasteiger partial charge in [0.1, 0.15) is 10.8 Å². The number of aromatic nitrogens is 2. The molecule has 182 valence electrons. The van der Waals surface area contributed by atoms with Crippen molar-refractivity contribution in [1.29, 1.82) is 0 Å². The number of carbonyl (C=O) groups excluding carboxylic acids is 1. The number of hydrogen-bond acceptors (Lipinski definition) is 3. The Kier molecular flexibility index (Phi) is 6.61. The van der Waals surface area contributed by atoms with Crippen LogP contribution in [0.4, 0.5) is 22.0 Å². The molecule has 2 aromatic rings. The molecule has 0 atom stereocenters. The van der Waals surface area contributed by atoms with E-state index in [1.165, 1.54) is 12.1 Å². The van der Waals surface area contributed by atoms with Gasteiger partial charge < -0.3 is 10.4 Å². The van der Waals surface area contributed by atoms with Gasteiger partial charge in [-0.25, -0.2) is 13.8 Å². The summed E-state index contributed by atoms with van der Waals surface area (Å²) in [6.07, 6.45) is -3.36. The molecule has 33 heavy (non-hydrogen) atoms. The van der Waals surface area contributed by atoms with E-state index in [1.807, 2.05) is 0 Å². The molecule has 0 saturated heterocycles. The van der Waals surface area contributed by atoms with Gasteiger partial charge in [0.2, 0.25) is 5.92 Å². The quantitative estimate of drug-likeness (QED) is 0.442. The van der Waals surface area contributed by atoms with Crippen molar-refractivity contribution in [3.05, 3.63) is 34.2 Å². The molecular formula is C22H25ClF5N3O2. The maximum atomic E-state index is 13.8. The first-order valence-corrected chi connectivity index (χ1v) is 11.5. The zero-order chi connectivity index (χ0) is 24.0. The molecule has 4 rings (SSSR count). The van der Waals surface area contributed by atoms with Gasteiger partial charge in [0.05, 0.1) is 11.8 Å². The zero-order valence-corrected chi connectivity index (χ0v) is 18.5. The van der Waals surface area contributed by atoms with Crippen LogP contribution in [0.3, 0.4) is 0 Å². The highest BCUT2D eigenvalue weighted by atomic mass is 35.5. The molecule has 2 saturated carbocycles. The van der Waals surface area contributed by atoms with Crippen molar-refractivity contribution in [1.82, 2.24) is 14.7 Å². The summed E-state index contributed by atoms with van der Waals surface area (Å²) in [5.74, 6) is -3.60. The average Bonchev–Trinajstić information content (AvgIpc) is 3.10. The number of halogens is 6. The minimum Gasteiger partial charge on any atom is -0.393 e. The molecule has 11 heteroatoms. The van der Waals surface area contributed by atoms with Crippen molar-refractivity contribution in [3.8, 4) is 0 Å². The molecule has 0 unspecified atom stereocenters. The fourth-order valence-electron chi connectivity index (χ4n) is 4.79. The van der Waals surface area contributed by atoms with Crippen molar-refractivity contribution < 1.29 is 31.9 Å². The van der Waals surface area contributed by atoms with Crippen LogP contribution in [0.2, 0.25) is 5.15 Å². The van der Waals surface area contributed by atoms with Gasteiger partial charge in [0.15, 0.2) is 5.69 Å². The normalized spacial score (nSPS) is 24.2. The monoisotopic (exact) mass is 493 g/mol. The van der Waals surface area contributed by atoms with Crippen molar-refractivity contribution in [3.63, 3.8) is 0 Å². The van der Waals surface area contributed by atoms with Crippen LogP contribution in [-0.4, -0.2) is 38.5 Å². The Balaban J connectivity index is 1.62. The Bertz CT molecular complexity index is 1020. The lowest BCUT2D eigenvalue weighted by Crippen LogP contribution is -2.38. The SMILES string of the molecule is O=C(N[C@H]1CC[C@H](O)CC1)c1cc(Cl)n2c(CC3CCC(F)(F)CC3)c(C(F)(F)F)nc2c1. The second kappa shape index (κ2) is 9.02. The van der Waals surface area contributed by atoms with E-state index in [2.05, 4.69) is 10.3 Å². The lowest BCUT2D eigenvalue weighted by atomic mass is 9.83. The van der Waals surface area contributed by atoms with Crippen molar-refractivity contribution in [2.45, 2.75) is 82.0 Å². The summed E-state index contributed by atoms with van der Waals surface area (Å²) in [4.78, 5) is 16.4. The Labute approximate surface area is 192 Å². The molecule has 2 fully saturated rings. The van der Waals surface area contributed by atoms with Crippen molar-refractivity contribution in [2.24, 2.45) is 5.92 Å². The fraction of sp³-hybridized carbons (Fsp3) is 0.636. The highest BCUT2D eigenvalue weighted by molar-refractivity contribution is 6.30. The molecule has 2 N–H and O–H groups in total. The third kappa shape index (κ3) is 5.42. The predicted octanol–water partition coefficient (Wildman–Crippen LogP) is 5.41. The third-order valence-corrected chi connectivity index (χ3v) is 6.93. The van der Waals surface area contributed by atoms with Gasteiger partial charge in [-0.2, -0.15) is 13.2 Å². The lowest BCUT2D eigenvalue weighted by molar-refractivity contribution is -0.141. The molecule has 0 spiro atoms. The summed E-state index contributed by atoms with van der Waals surface area (Å²) in [5.41, 5.74) is -1.32. The number of nitrogens with one attached hydrogen (secondary N) is 1. The Morgan fingerprint density at radius 1 is 1.15 bits per heavy atom. The Morgan fingerprint density at radius 3 is 2.39 bits per heavy atom. The highest BCUT2D eigenvalue weighted by Crippen LogP contribution is 2.40. The minimum atomic E-state index is -4.76. The predicted molar refractivity (Wildman–Crippen MR) is 112 cm³/mol. The second-order valence-electron chi connectivity index (χ2n) is 9.15. The number of pyridine rings is 1. The molecule has 5 nitrogen and oxygen atoms in total. The summed E-state index contributed by atoms with van der Waals surface area (Å²) in [5, 5.41) is 12.3. The van der Waals surface area contributed by atoms with Crippen molar-refractivity contribution in [2.75, 3.05) is 0 Å². The van der Waals surface area contributed by atoms with Gasteiger partial charge in [0, 0.05) is 24.4 Å². The van der Waals surface area contributed by atoms with Gasteiger partial charge in [0.25, 0.3) is 5.91 Å². The van der Waals surface area contributed by atoms with Crippen LogP contribution >= 0.6 is 11.6 Å². The highest BCUT2D eigenvalue weighted by Gasteiger charge is 2.41. The van der Waals surface area contributed by atoms with E-state index >= 15 is 0 Å². The van der Waals surface area contributed by atoms with Gasteiger partial charge in [-0.1, -0.05) is 11.6 Å². The van der Waals surface area contributed by atoms with Gasteiger partial charge in [-0.05, 0) is 63.0 Å². The van der Waals surface area contributed by atoms with Crippen LogP contribution in [-0.2, 0) is 12.6 Å². The van der Waals surface area contributed by atoms with Crippen LogP contribution in [0, 0.1) is 5.92 Å². The number of nitrogens with zero attached hydrogens (tertiary/aromatic N) is 2. The number of rotatable bonds is 4. The molecule has 2 aromatic heterocycles. The number of hydrogen-bond donors (Lipinski definition) is 2. The molecule has 0 aliphatic heterocycles. The van der Waals surface area contributed by atoms with Gasteiger partial charge in [-0.3, -0.25) is 9.20 Å². The van der Waals surface area contributed by atoms with Crippen molar-refractivity contribution >= 4 is 23.2 Å². The smallest absolute Gasteiger partial charge is 0.393 e. The summed E-state index contributed by atoms with van der Waals surface area (Å²) in [7, 11) is 0. The largest absolute Gasteiger partial charge is 0.435 e.